The molecule has 0 fully saturated rings. The Labute approximate surface area is 111 Å². The van der Waals surface area contributed by atoms with Crippen molar-refractivity contribution in [2.24, 2.45) is 5.14 Å². The van der Waals surface area contributed by atoms with Gasteiger partial charge in [-0.1, -0.05) is 22.0 Å². The van der Waals surface area contributed by atoms with Crippen LogP contribution in [-0.2, 0) is 22.6 Å². The summed E-state index contributed by atoms with van der Waals surface area (Å²) in [5.74, 6) is 0. The molecule has 0 aliphatic carbocycles. The topological polar surface area (TPSA) is 60.2 Å². The fourth-order valence-corrected chi connectivity index (χ4v) is 2.49. The third kappa shape index (κ3) is 3.96. The van der Waals surface area contributed by atoms with E-state index in [0.29, 0.717) is 23.7 Å². The summed E-state index contributed by atoms with van der Waals surface area (Å²) in [4.78, 5) is -0.891. The highest BCUT2D eigenvalue weighted by atomic mass is 79.9. The zero-order chi connectivity index (χ0) is 14.0. The van der Waals surface area contributed by atoms with E-state index >= 15 is 0 Å². The average Bonchev–Trinajstić information content (AvgIpc) is 2.23. The van der Waals surface area contributed by atoms with Crippen molar-refractivity contribution in [3.8, 4) is 0 Å². The van der Waals surface area contributed by atoms with Crippen LogP contribution in [-0.4, -0.2) is 13.7 Å². The van der Waals surface area contributed by atoms with E-state index in [2.05, 4.69) is 15.9 Å². The average molecular weight is 346 g/mol. The number of hydrogen-bond donors (Lipinski definition) is 1. The lowest BCUT2D eigenvalue weighted by molar-refractivity contribution is -0.139. The predicted molar refractivity (Wildman–Crippen MR) is 64.9 cm³/mol. The molecule has 18 heavy (non-hydrogen) atoms. The maximum absolute atomic E-state index is 12.8. The second kappa shape index (κ2) is 5.58. The molecule has 0 atom stereocenters. The van der Waals surface area contributed by atoms with Gasteiger partial charge in [0.1, 0.15) is 0 Å². The van der Waals surface area contributed by atoms with Crippen molar-refractivity contribution in [1.82, 2.24) is 0 Å². The molecule has 1 aromatic rings. The van der Waals surface area contributed by atoms with E-state index in [4.69, 9.17) is 5.14 Å². The lowest BCUT2D eigenvalue weighted by atomic mass is 10.1. The van der Waals surface area contributed by atoms with Crippen molar-refractivity contribution in [3.63, 3.8) is 0 Å². The van der Waals surface area contributed by atoms with Gasteiger partial charge in [-0.15, -0.1) is 0 Å². The summed E-state index contributed by atoms with van der Waals surface area (Å²) in [6.07, 6.45) is -3.66. The fourth-order valence-electron chi connectivity index (χ4n) is 1.47. The molecule has 3 nitrogen and oxygen atoms in total. The molecule has 0 heterocycles. The molecule has 0 unspecified atom stereocenters. The van der Waals surface area contributed by atoms with E-state index in [0.717, 1.165) is 12.1 Å². The smallest absolute Gasteiger partial charge is 0.225 e. The molecule has 0 radical (unpaired) electrons. The van der Waals surface area contributed by atoms with Crippen LogP contribution < -0.4 is 5.14 Å². The van der Waals surface area contributed by atoms with Gasteiger partial charge in [-0.25, -0.2) is 13.6 Å². The summed E-state index contributed by atoms with van der Waals surface area (Å²) in [5, 5.41) is 5.43. The first-order chi connectivity index (χ1) is 8.16. The van der Waals surface area contributed by atoms with Gasteiger partial charge in [0, 0.05) is 5.33 Å². The van der Waals surface area contributed by atoms with Crippen molar-refractivity contribution in [3.05, 3.63) is 29.3 Å². The fraction of sp³-hybridized carbons (Fsp3) is 0.400. The number of aryl methyl sites for hydroxylation is 1. The van der Waals surface area contributed by atoms with Gasteiger partial charge in [0.2, 0.25) is 10.0 Å². The van der Waals surface area contributed by atoms with Crippen molar-refractivity contribution < 1.29 is 21.6 Å². The summed E-state index contributed by atoms with van der Waals surface area (Å²) >= 11 is 3.17. The van der Waals surface area contributed by atoms with E-state index < -0.39 is 26.7 Å². The Bertz CT molecular complexity index is 528. The number of hydrogen-bond acceptors (Lipinski definition) is 2. The lowest BCUT2D eigenvalue weighted by Crippen LogP contribution is -2.19. The van der Waals surface area contributed by atoms with Gasteiger partial charge in [-0.3, -0.25) is 0 Å². The minimum atomic E-state index is -4.74. The van der Waals surface area contributed by atoms with Gasteiger partial charge < -0.3 is 0 Å². The van der Waals surface area contributed by atoms with Crippen molar-refractivity contribution in [2.45, 2.75) is 23.9 Å². The van der Waals surface area contributed by atoms with Crippen molar-refractivity contribution >= 4 is 26.0 Å². The first-order valence-corrected chi connectivity index (χ1v) is 7.62. The van der Waals surface area contributed by atoms with E-state index in [1.807, 2.05) is 0 Å². The highest BCUT2D eigenvalue weighted by molar-refractivity contribution is 9.09. The standard InChI is InChI=1S/C10H11BrF3NO2S/c11-5-1-2-7-3-4-9(18(15,16)17)8(6-7)10(12,13)14/h3-4,6H,1-2,5H2,(H2,15,16,17). The monoisotopic (exact) mass is 345 g/mol. The Morgan fingerprint density at radius 2 is 1.89 bits per heavy atom. The number of alkyl halides is 4. The molecule has 0 amide bonds. The number of rotatable bonds is 4. The third-order valence-corrected chi connectivity index (χ3v) is 3.78. The minimum absolute atomic E-state index is 0.425. The molecule has 0 aliphatic heterocycles. The Morgan fingerprint density at radius 3 is 2.33 bits per heavy atom. The number of benzene rings is 1. The van der Waals surface area contributed by atoms with E-state index in [-0.39, 0.29) is 0 Å². The Balaban J connectivity index is 3.31. The van der Waals surface area contributed by atoms with E-state index in [1.165, 1.54) is 6.07 Å². The van der Waals surface area contributed by atoms with Crippen molar-refractivity contribution in [2.75, 3.05) is 5.33 Å². The molecule has 0 spiro atoms. The first-order valence-electron chi connectivity index (χ1n) is 4.95. The van der Waals surface area contributed by atoms with Crippen LogP contribution in [0.3, 0.4) is 0 Å². The molecule has 102 valence electrons. The Morgan fingerprint density at radius 1 is 1.28 bits per heavy atom. The molecule has 2 N–H and O–H groups in total. The number of primary sulfonamides is 1. The SMILES string of the molecule is NS(=O)(=O)c1ccc(CCCBr)cc1C(F)(F)F. The lowest BCUT2D eigenvalue weighted by Gasteiger charge is -2.13. The zero-order valence-electron chi connectivity index (χ0n) is 9.17. The zero-order valence-corrected chi connectivity index (χ0v) is 11.6. The number of nitrogens with two attached hydrogens (primary N) is 1. The van der Waals surface area contributed by atoms with Crippen LogP contribution in [0.15, 0.2) is 23.1 Å². The third-order valence-electron chi connectivity index (χ3n) is 2.25. The minimum Gasteiger partial charge on any atom is -0.225 e. The van der Waals surface area contributed by atoms with E-state index in [1.54, 1.807) is 0 Å². The van der Waals surface area contributed by atoms with Crippen LogP contribution in [0.25, 0.3) is 0 Å². The molecular weight excluding hydrogens is 335 g/mol. The molecule has 8 heteroatoms. The van der Waals surface area contributed by atoms with Gasteiger partial charge >= 0.3 is 6.18 Å². The maximum atomic E-state index is 12.8. The summed E-state index contributed by atoms with van der Waals surface area (Å²) in [6.45, 7) is 0. The highest BCUT2D eigenvalue weighted by Crippen LogP contribution is 2.34. The van der Waals surface area contributed by atoms with E-state index in [9.17, 15) is 21.6 Å². The van der Waals surface area contributed by atoms with Gasteiger partial charge in [0.05, 0.1) is 10.5 Å². The van der Waals surface area contributed by atoms with Crippen LogP contribution in [0, 0.1) is 0 Å². The van der Waals surface area contributed by atoms with Crippen LogP contribution in [0.4, 0.5) is 13.2 Å². The highest BCUT2D eigenvalue weighted by Gasteiger charge is 2.36. The second-order valence-corrected chi connectivity index (χ2v) is 5.99. The molecule has 0 aromatic heterocycles. The summed E-state index contributed by atoms with van der Waals surface area (Å²) < 4.78 is 60.4. The van der Waals surface area contributed by atoms with Crippen LogP contribution in [0.2, 0.25) is 0 Å². The largest absolute Gasteiger partial charge is 0.417 e. The number of sulfonamides is 1. The van der Waals surface area contributed by atoms with Gasteiger partial charge in [0.15, 0.2) is 0 Å². The Hall–Kier alpha value is -0.600. The molecule has 1 rings (SSSR count). The molecule has 1 aromatic carbocycles. The molecule has 0 bridgehead atoms. The molecule has 0 saturated heterocycles. The molecule has 0 aliphatic rings. The summed E-state index contributed by atoms with van der Waals surface area (Å²) in [6, 6.07) is 3.09. The second-order valence-electron chi connectivity index (χ2n) is 3.67. The van der Waals surface area contributed by atoms with Crippen LogP contribution in [0.1, 0.15) is 17.5 Å². The number of halogens is 4. The van der Waals surface area contributed by atoms with Gasteiger partial charge in [-0.05, 0) is 30.5 Å². The maximum Gasteiger partial charge on any atom is 0.417 e. The summed E-state index contributed by atoms with van der Waals surface area (Å²) in [5.41, 5.74) is -0.786. The molecular formula is C10H11BrF3NO2S. The molecule has 0 saturated carbocycles. The first kappa shape index (κ1) is 15.5. The predicted octanol–water partition coefficient (Wildman–Crippen LogP) is 2.68. The van der Waals surface area contributed by atoms with Gasteiger partial charge in [0.25, 0.3) is 0 Å². The van der Waals surface area contributed by atoms with Crippen LogP contribution >= 0.6 is 15.9 Å². The van der Waals surface area contributed by atoms with Crippen LogP contribution in [0.5, 0.6) is 0 Å². The van der Waals surface area contributed by atoms with Crippen molar-refractivity contribution in [1.29, 1.82) is 0 Å². The van der Waals surface area contributed by atoms with Gasteiger partial charge in [-0.2, -0.15) is 13.2 Å². The Kier molecular flexibility index (Phi) is 4.79. The normalized spacial score (nSPS) is 12.7. The quantitative estimate of drug-likeness (QED) is 0.853. The summed E-state index contributed by atoms with van der Waals surface area (Å²) in [7, 11) is -4.38.